The third kappa shape index (κ3) is 10.5. The Labute approximate surface area is 527 Å². The van der Waals surface area contributed by atoms with E-state index in [-0.39, 0.29) is 48.5 Å². The molecular weight excluding hydrogens is 1050 g/mol. The number of hydrogen-bond acceptors (Lipinski definition) is 0. The fourth-order valence-corrected chi connectivity index (χ4v) is 14.8. The van der Waals surface area contributed by atoms with Gasteiger partial charge in [-0.15, -0.1) is 0 Å². The van der Waals surface area contributed by atoms with Gasteiger partial charge in [0.05, 0.1) is 0 Å². The van der Waals surface area contributed by atoms with Crippen molar-refractivity contribution in [3.05, 3.63) is 263 Å². The second-order valence-corrected chi connectivity index (χ2v) is 30.3. The predicted molar refractivity (Wildman–Crippen MR) is 394 cm³/mol. The van der Waals surface area contributed by atoms with Crippen LogP contribution in [-0.2, 0) is 21.7 Å². The molecule has 88 heavy (non-hydrogen) atoms. The highest BCUT2D eigenvalue weighted by Gasteiger charge is 2.43. The van der Waals surface area contributed by atoms with Gasteiger partial charge in [0.1, 0.15) is 0 Å². The van der Waals surface area contributed by atoms with Crippen LogP contribution in [0.3, 0.4) is 0 Å². The topological polar surface area (TPSA) is 0 Å². The lowest BCUT2D eigenvalue weighted by atomic mass is 9.20. The number of fused-ring (bicyclic) bond motifs is 6. The fourth-order valence-electron chi connectivity index (χ4n) is 14.8. The van der Waals surface area contributed by atoms with Gasteiger partial charge in [-0.2, -0.15) is 0 Å². The highest BCUT2D eigenvalue weighted by molar-refractivity contribution is 7.13. The smallest absolute Gasteiger partial charge is 0.0733 e. The molecule has 0 saturated carbocycles. The molecule has 0 atom stereocenters. The van der Waals surface area contributed by atoms with Gasteiger partial charge < -0.3 is 0 Å². The van der Waals surface area contributed by atoms with E-state index in [1.807, 2.05) is 0 Å². The molecule has 0 nitrogen and oxygen atoms in total. The van der Waals surface area contributed by atoms with Crippen molar-refractivity contribution in [3.63, 3.8) is 0 Å². The Balaban J connectivity index is 1.17. The van der Waals surface area contributed by atoms with Gasteiger partial charge in [0.15, 0.2) is 0 Å². The molecule has 0 radical (unpaired) electrons. The maximum absolute atomic E-state index is 2.60. The zero-order chi connectivity index (χ0) is 61.9. The normalized spacial score (nSPS) is 13.0. The van der Waals surface area contributed by atoms with Crippen LogP contribution in [0.1, 0.15) is 128 Å². The molecule has 1 heterocycles. The van der Waals surface area contributed by atoms with Crippen LogP contribution in [0.15, 0.2) is 218 Å². The van der Waals surface area contributed by atoms with Crippen molar-refractivity contribution in [2.75, 3.05) is 0 Å². The first-order chi connectivity index (χ1) is 41.8. The molecule has 0 fully saturated rings. The lowest BCUT2D eigenvalue weighted by Crippen LogP contribution is -2.75. The molecule has 0 saturated heterocycles. The number of hydrogen-bond donors (Lipinski definition) is 0. The van der Waals surface area contributed by atoms with Gasteiger partial charge in [0, 0.05) is 0 Å². The number of benzene rings is 12. The standard InChI is InChI=1S/C84H84B4/c1-53-25-37-61(38-26-53)85(62-39-27-54(2)28-40-62)77-65-45-33-59(83(11,12)13)51-71(65)79(67-47-35-57(49-69(67)77)81(5,6)7)87-73-21-17-19-23-75(73)88(76-24-20-18-22-74(76)87)80-68-48-36-58(82(8,9)10)50-70(68)78(66-46-34-60(52-72(66)80)84(14,15)16)86(63-41-29-55(3)30-42-63)64-43-31-56(4)32-44-64/h17-52H,1-16H3. The Morgan fingerprint density at radius 3 is 0.705 bits per heavy atom. The van der Waals surface area contributed by atoms with Crippen molar-refractivity contribution in [2.24, 2.45) is 0 Å². The molecular formula is C84H84B4. The average Bonchev–Trinajstić information content (AvgIpc) is 0.756. The summed E-state index contributed by atoms with van der Waals surface area (Å²) in [6.07, 6.45) is 0. The van der Waals surface area contributed by atoms with Gasteiger partial charge in [0.25, 0.3) is 0 Å². The molecule has 0 aromatic heterocycles. The zero-order valence-corrected chi connectivity index (χ0v) is 55.1. The largest absolute Gasteiger partial charge is 0.242 e. The Morgan fingerprint density at radius 2 is 0.466 bits per heavy atom. The molecule has 1 aliphatic rings. The SMILES string of the molecule is Cc1ccc(B(c2ccc(C)cc2)c2c3cc(C(C)(C)C)ccc3c(B3c4ccccc4B(c4c5ccc(C(C)(C)C)cc5c(B(c5ccc(C)cc5)c5ccc(C)cc5)c5ccc(C(C)(C)C)cc45)c4ccccc43)c3cc(C(C)(C)C)ccc23)cc1. The number of rotatable bonds is 8. The van der Waals surface area contributed by atoms with Gasteiger partial charge >= 0.3 is 0 Å². The minimum atomic E-state index is -0.0948. The summed E-state index contributed by atoms with van der Waals surface area (Å²) in [6, 6.07) is 87.0. The van der Waals surface area contributed by atoms with Gasteiger partial charge in [0.2, 0.25) is 26.9 Å². The van der Waals surface area contributed by atoms with E-state index in [1.165, 1.54) is 153 Å². The van der Waals surface area contributed by atoms with Crippen molar-refractivity contribution in [2.45, 2.75) is 132 Å². The summed E-state index contributed by atoms with van der Waals surface area (Å²) in [7, 11) is 0. The lowest BCUT2D eigenvalue weighted by Gasteiger charge is -2.36. The Bertz CT molecular complexity index is 4230. The van der Waals surface area contributed by atoms with Crippen LogP contribution in [0.25, 0.3) is 43.1 Å². The van der Waals surface area contributed by atoms with Crippen molar-refractivity contribution < 1.29 is 0 Å². The molecule has 13 rings (SSSR count). The monoisotopic (exact) mass is 1140 g/mol. The van der Waals surface area contributed by atoms with Crippen molar-refractivity contribution in [1.29, 1.82) is 0 Å². The lowest BCUT2D eigenvalue weighted by molar-refractivity contribution is 0.591. The Hall–Kier alpha value is -8.06. The first-order valence-electron chi connectivity index (χ1n) is 32.4. The summed E-state index contributed by atoms with van der Waals surface area (Å²) in [5, 5.41) is 10.6. The molecule has 4 heteroatoms. The van der Waals surface area contributed by atoms with E-state index < -0.39 is 0 Å². The number of aryl methyl sites for hydroxylation is 4. The summed E-state index contributed by atoms with van der Waals surface area (Å²) in [6.45, 7) is 37.1. The summed E-state index contributed by atoms with van der Waals surface area (Å²) < 4.78 is 0. The third-order valence-corrected chi connectivity index (χ3v) is 19.9. The molecule has 0 aliphatic carbocycles. The second kappa shape index (κ2) is 21.9. The predicted octanol–water partition coefficient (Wildman–Crippen LogP) is 13.1. The van der Waals surface area contributed by atoms with E-state index >= 15 is 0 Å². The molecule has 0 spiro atoms. The van der Waals surface area contributed by atoms with E-state index in [9.17, 15) is 0 Å². The molecule has 0 unspecified atom stereocenters. The molecule has 0 amide bonds. The van der Waals surface area contributed by atoms with Crippen molar-refractivity contribution >= 4 is 135 Å². The second-order valence-electron chi connectivity index (χ2n) is 30.3. The maximum atomic E-state index is 2.60. The average molecular weight is 1140 g/mol. The molecule has 0 bridgehead atoms. The highest BCUT2D eigenvalue weighted by atomic mass is 14.3. The zero-order valence-electron chi connectivity index (χ0n) is 55.1. The summed E-state index contributed by atoms with van der Waals surface area (Å²) in [5.41, 5.74) is 26.3. The van der Waals surface area contributed by atoms with Crippen LogP contribution in [0.2, 0.25) is 0 Å². The van der Waals surface area contributed by atoms with Crippen LogP contribution in [0, 0.1) is 27.7 Å². The first kappa shape index (κ1) is 58.9. The molecule has 1 aliphatic heterocycles. The van der Waals surface area contributed by atoms with E-state index in [4.69, 9.17) is 0 Å². The van der Waals surface area contributed by atoms with E-state index in [0.717, 1.165) is 0 Å². The van der Waals surface area contributed by atoms with Gasteiger partial charge in [-0.05, 0) is 115 Å². The molecule has 0 N–H and O–H groups in total. The van der Waals surface area contributed by atoms with Crippen LogP contribution >= 0.6 is 0 Å². The van der Waals surface area contributed by atoms with Crippen molar-refractivity contribution in [1.82, 2.24) is 0 Å². The highest BCUT2D eigenvalue weighted by Crippen LogP contribution is 2.34. The fraction of sp³-hybridized carbons (Fsp3) is 0.238. The van der Waals surface area contributed by atoms with Crippen molar-refractivity contribution in [3.8, 4) is 0 Å². The van der Waals surface area contributed by atoms with Crippen LogP contribution < -0.4 is 65.6 Å². The van der Waals surface area contributed by atoms with Crippen LogP contribution in [0.4, 0.5) is 0 Å². The minimum absolute atomic E-state index is 0.0239. The summed E-state index contributed by atoms with van der Waals surface area (Å²) >= 11 is 0. The third-order valence-electron chi connectivity index (χ3n) is 19.9. The Kier molecular flexibility index (Phi) is 14.7. The molecule has 432 valence electrons. The van der Waals surface area contributed by atoms with Gasteiger partial charge in [-0.1, -0.05) is 389 Å². The summed E-state index contributed by atoms with van der Waals surface area (Å²) in [4.78, 5) is 0. The van der Waals surface area contributed by atoms with Crippen LogP contribution in [0.5, 0.6) is 0 Å². The van der Waals surface area contributed by atoms with E-state index in [2.05, 4.69) is 329 Å². The quantitative estimate of drug-likeness (QED) is 0.105. The van der Waals surface area contributed by atoms with Gasteiger partial charge in [-0.3, -0.25) is 0 Å². The minimum Gasteiger partial charge on any atom is -0.0733 e. The molecule has 12 aromatic rings. The summed E-state index contributed by atoms with van der Waals surface area (Å²) in [5.74, 6) is 0. The van der Waals surface area contributed by atoms with Gasteiger partial charge in [-0.25, -0.2) is 0 Å². The van der Waals surface area contributed by atoms with E-state index in [0.29, 0.717) is 0 Å². The van der Waals surface area contributed by atoms with Crippen LogP contribution in [-0.4, -0.2) is 26.9 Å². The molecule has 12 aromatic carbocycles. The van der Waals surface area contributed by atoms with E-state index in [1.54, 1.807) is 0 Å². The Morgan fingerprint density at radius 1 is 0.239 bits per heavy atom. The first-order valence-corrected chi connectivity index (χ1v) is 32.4. The maximum Gasteiger partial charge on any atom is 0.242 e.